The zero-order chi connectivity index (χ0) is 11.9. The molecule has 1 saturated heterocycles. The van der Waals surface area contributed by atoms with Gasteiger partial charge >= 0.3 is 0 Å². The summed E-state index contributed by atoms with van der Waals surface area (Å²) in [5, 5.41) is -0.106. The molecule has 7 heteroatoms. The predicted octanol–water partition coefficient (Wildman–Crippen LogP) is 3.36. The summed E-state index contributed by atoms with van der Waals surface area (Å²) in [7, 11) is 0. The number of fused-ring (bicyclic) bond motifs is 1. The standard InChI is InChI=1S/C9H10Cl3NO2S/c10-9(11,12)7(14)13-5-3-1-2-4-6(5)16-8(13)15/h5-6H,1-4H2. The Bertz CT molecular complexity index is 331. The Labute approximate surface area is 113 Å². The molecule has 1 saturated carbocycles. The SMILES string of the molecule is O=C1SC2CCCCC2N1C(=O)C(Cl)(Cl)Cl. The van der Waals surface area contributed by atoms with Gasteiger partial charge in [0.25, 0.3) is 14.9 Å². The fraction of sp³-hybridized carbons (Fsp3) is 0.778. The van der Waals surface area contributed by atoms with Crippen LogP contribution in [-0.2, 0) is 4.79 Å². The highest BCUT2D eigenvalue weighted by Gasteiger charge is 2.49. The molecule has 0 aromatic rings. The van der Waals surface area contributed by atoms with E-state index in [1.54, 1.807) is 0 Å². The van der Waals surface area contributed by atoms with E-state index < -0.39 is 9.70 Å². The van der Waals surface area contributed by atoms with Gasteiger partial charge in [-0.15, -0.1) is 0 Å². The van der Waals surface area contributed by atoms with Crippen LogP contribution in [0.5, 0.6) is 0 Å². The average Bonchev–Trinajstić information content (AvgIpc) is 2.51. The van der Waals surface area contributed by atoms with Crippen LogP contribution in [0.4, 0.5) is 4.79 Å². The molecule has 90 valence electrons. The molecular formula is C9H10Cl3NO2S. The lowest BCUT2D eigenvalue weighted by Gasteiger charge is -2.30. The molecule has 1 aliphatic heterocycles. The van der Waals surface area contributed by atoms with Crippen LogP contribution in [0.2, 0.25) is 0 Å². The lowest BCUT2D eigenvalue weighted by atomic mass is 9.94. The highest BCUT2D eigenvalue weighted by Crippen LogP contribution is 2.43. The fourth-order valence-corrected chi connectivity index (χ4v) is 3.77. The Balaban J connectivity index is 2.20. The first-order chi connectivity index (χ1) is 7.41. The van der Waals surface area contributed by atoms with Gasteiger partial charge < -0.3 is 0 Å². The molecule has 2 aliphatic rings. The summed E-state index contributed by atoms with van der Waals surface area (Å²) in [5.74, 6) is -0.718. The van der Waals surface area contributed by atoms with Crippen LogP contribution in [0, 0.1) is 0 Å². The fourth-order valence-electron chi connectivity index (χ4n) is 2.20. The number of imide groups is 1. The number of halogens is 3. The number of nitrogens with zero attached hydrogens (tertiary/aromatic N) is 1. The van der Waals surface area contributed by atoms with Crippen LogP contribution >= 0.6 is 46.6 Å². The number of alkyl halides is 3. The molecule has 0 bridgehead atoms. The lowest BCUT2D eigenvalue weighted by Crippen LogP contribution is -2.47. The quantitative estimate of drug-likeness (QED) is 0.644. The third-order valence-electron chi connectivity index (χ3n) is 2.91. The monoisotopic (exact) mass is 301 g/mol. The zero-order valence-electron chi connectivity index (χ0n) is 8.29. The number of thioether (sulfide) groups is 1. The van der Waals surface area contributed by atoms with Crippen molar-refractivity contribution in [2.75, 3.05) is 0 Å². The summed E-state index contributed by atoms with van der Waals surface area (Å²) < 4.78 is -2.04. The lowest BCUT2D eigenvalue weighted by molar-refractivity contribution is -0.128. The van der Waals surface area contributed by atoms with Gasteiger partial charge in [-0.25, -0.2) is 0 Å². The number of hydrogen-bond acceptors (Lipinski definition) is 3. The third-order valence-corrected chi connectivity index (χ3v) is 4.65. The van der Waals surface area contributed by atoms with Gasteiger partial charge in [0.1, 0.15) is 0 Å². The van der Waals surface area contributed by atoms with Gasteiger partial charge in [0.15, 0.2) is 0 Å². The van der Waals surface area contributed by atoms with E-state index >= 15 is 0 Å². The van der Waals surface area contributed by atoms with Gasteiger partial charge in [-0.2, -0.15) is 0 Å². The first-order valence-corrected chi connectivity index (χ1v) is 7.03. The zero-order valence-corrected chi connectivity index (χ0v) is 11.4. The summed E-state index contributed by atoms with van der Waals surface area (Å²) >= 11 is 17.8. The van der Waals surface area contributed by atoms with Crippen molar-refractivity contribution in [3.8, 4) is 0 Å². The number of hydrogen-bond donors (Lipinski definition) is 0. The number of carbonyl (C=O) groups excluding carboxylic acids is 2. The van der Waals surface area contributed by atoms with E-state index in [1.807, 2.05) is 0 Å². The molecule has 1 aliphatic carbocycles. The second-order valence-corrected chi connectivity index (χ2v) is 7.42. The molecule has 0 radical (unpaired) electrons. The third kappa shape index (κ3) is 2.30. The Morgan fingerprint density at radius 1 is 1.31 bits per heavy atom. The van der Waals surface area contributed by atoms with Crippen molar-refractivity contribution >= 4 is 57.7 Å². The van der Waals surface area contributed by atoms with Gasteiger partial charge in [0.05, 0.1) is 6.04 Å². The summed E-state index contributed by atoms with van der Waals surface area (Å²) in [4.78, 5) is 24.7. The predicted molar refractivity (Wildman–Crippen MR) is 66.2 cm³/mol. The molecule has 2 rings (SSSR count). The molecule has 0 aromatic carbocycles. The second kappa shape index (κ2) is 4.56. The van der Waals surface area contributed by atoms with Crippen molar-refractivity contribution in [1.82, 2.24) is 4.90 Å². The van der Waals surface area contributed by atoms with Gasteiger partial charge in [-0.05, 0) is 12.8 Å². The van der Waals surface area contributed by atoms with E-state index in [0.29, 0.717) is 0 Å². The highest BCUT2D eigenvalue weighted by atomic mass is 35.6. The molecule has 16 heavy (non-hydrogen) atoms. The maximum atomic E-state index is 11.8. The number of carbonyl (C=O) groups is 2. The van der Waals surface area contributed by atoms with Crippen molar-refractivity contribution in [3.05, 3.63) is 0 Å². The molecule has 0 N–H and O–H groups in total. The molecule has 2 unspecified atom stereocenters. The van der Waals surface area contributed by atoms with Crippen molar-refractivity contribution in [1.29, 1.82) is 0 Å². The molecule has 2 amide bonds. The van der Waals surface area contributed by atoms with E-state index in [9.17, 15) is 9.59 Å². The van der Waals surface area contributed by atoms with Gasteiger partial charge in [0, 0.05) is 5.25 Å². The number of rotatable bonds is 0. The molecule has 2 fully saturated rings. The Morgan fingerprint density at radius 2 is 1.94 bits per heavy atom. The minimum atomic E-state index is -2.04. The molecule has 1 heterocycles. The Hall–Kier alpha value is 0.360. The smallest absolute Gasteiger partial charge is 0.269 e. The van der Waals surface area contributed by atoms with Crippen LogP contribution < -0.4 is 0 Å². The minimum absolute atomic E-state index is 0.0885. The van der Waals surface area contributed by atoms with E-state index in [0.717, 1.165) is 30.6 Å². The number of amides is 2. The molecular weight excluding hydrogens is 293 g/mol. The van der Waals surface area contributed by atoms with Crippen molar-refractivity contribution in [2.45, 2.75) is 40.8 Å². The average molecular weight is 303 g/mol. The van der Waals surface area contributed by atoms with Gasteiger partial charge in [-0.3, -0.25) is 14.5 Å². The minimum Gasteiger partial charge on any atom is -0.269 e. The molecule has 0 aromatic heterocycles. The van der Waals surface area contributed by atoms with Crippen LogP contribution in [0.1, 0.15) is 25.7 Å². The van der Waals surface area contributed by atoms with Gasteiger partial charge in [-0.1, -0.05) is 59.4 Å². The Morgan fingerprint density at radius 3 is 2.56 bits per heavy atom. The molecule has 2 atom stereocenters. The highest BCUT2D eigenvalue weighted by molar-refractivity contribution is 8.14. The van der Waals surface area contributed by atoms with E-state index in [4.69, 9.17) is 34.8 Å². The van der Waals surface area contributed by atoms with Crippen molar-refractivity contribution < 1.29 is 9.59 Å². The maximum Gasteiger partial charge on any atom is 0.289 e. The van der Waals surface area contributed by atoms with Crippen LogP contribution in [0.3, 0.4) is 0 Å². The van der Waals surface area contributed by atoms with Crippen LogP contribution in [0.15, 0.2) is 0 Å². The van der Waals surface area contributed by atoms with E-state index in [-0.39, 0.29) is 16.5 Å². The summed E-state index contributed by atoms with van der Waals surface area (Å²) in [6.45, 7) is 0. The Kier molecular flexibility index (Phi) is 3.65. The van der Waals surface area contributed by atoms with Crippen molar-refractivity contribution in [2.24, 2.45) is 0 Å². The largest absolute Gasteiger partial charge is 0.289 e. The van der Waals surface area contributed by atoms with Crippen molar-refractivity contribution in [3.63, 3.8) is 0 Å². The normalized spacial score (nSPS) is 30.4. The topological polar surface area (TPSA) is 37.4 Å². The summed E-state index contributed by atoms with van der Waals surface area (Å²) in [6, 6.07) is -0.0885. The summed E-state index contributed by atoms with van der Waals surface area (Å²) in [6.07, 6.45) is 3.87. The van der Waals surface area contributed by atoms with Crippen LogP contribution in [-0.4, -0.2) is 31.1 Å². The first kappa shape index (κ1) is 12.8. The second-order valence-electron chi connectivity index (χ2n) is 3.95. The molecule has 3 nitrogen and oxygen atoms in total. The maximum absolute atomic E-state index is 11.8. The first-order valence-electron chi connectivity index (χ1n) is 5.02. The van der Waals surface area contributed by atoms with E-state index in [2.05, 4.69) is 0 Å². The summed E-state index contributed by atoms with van der Waals surface area (Å²) in [5.41, 5.74) is 0. The van der Waals surface area contributed by atoms with Crippen LogP contribution in [0.25, 0.3) is 0 Å². The van der Waals surface area contributed by atoms with Gasteiger partial charge in [0.2, 0.25) is 0 Å². The molecule has 0 spiro atoms. The van der Waals surface area contributed by atoms with E-state index in [1.165, 1.54) is 11.8 Å².